The van der Waals surface area contributed by atoms with E-state index in [9.17, 15) is 14.0 Å². The molecule has 0 bridgehead atoms. The number of amides is 2. The summed E-state index contributed by atoms with van der Waals surface area (Å²) < 4.78 is 13.4. The highest BCUT2D eigenvalue weighted by atomic mass is 19.1. The van der Waals surface area contributed by atoms with Gasteiger partial charge in [0.15, 0.2) is 0 Å². The van der Waals surface area contributed by atoms with Gasteiger partial charge >= 0.3 is 12.0 Å². The van der Waals surface area contributed by atoms with Gasteiger partial charge in [-0.05, 0) is 38.2 Å². The predicted molar refractivity (Wildman–Crippen MR) is 71.4 cm³/mol. The van der Waals surface area contributed by atoms with Crippen molar-refractivity contribution < 1.29 is 19.1 Å². The normalized spacial score (nSPS) is 18.8. The van der Waals surface area contributed by atoms with Gasteiger partial charge in [0.2, 0.25) is 0 Å². The number of carboxylic acids is 1. The van der Waals surface area contributed by atoms with Crippen molar-refractivity contribution in [3.05, 3.63) is 29.6 Å². The van der Waals surface area contributed by atoms with Gasteiger partial charge in [-0.15, -0.1) is 0 Å². The molecule has 1 aliphatic heterocycles. The molecule has 1 aromatic rings. The predicted octanol–water partition coefficient (Wildman–Crippen LogP) is 1.35. The number of urea groups is 1. The number of hydrogen-bond acceptors (Lipinski definition) is 3. The molecule has 1 unspecified atom stereocenters. The number of likely N-dealkylation sites (tertiary alicyclic amines) is 1. The van der Waals surface area contributed by atoms with Crippen LogP contribution in [-0.4, -0.2) is 48.2 Å². The van der Waals surface area contributed by atoms with Gasteiger partial charge in [0.1, 0.15) is 5.82 Å². The molecule has 0 spiro atoms. The number of halogens is 1. The largest absolute Gasteiger partial charge is 0.478 e. The Morgan fingerprint density at radius 2 is 2.20 bits per heavy atom. The number of rotatable bonds is 3. The lowest BCUT2D eigenvalue weighted by atomic mass is 10.2. The number of aromatic carboxylic acids is 1. The molecular formula is C13H16FN3O3. The van der Waals surface area contributed by atoms with E-state index in [1.165, 1.54) is 6.07 Å². The second-order valence-corrected chi connectivity index (χ2v) is 4.85. The van der Waals surface area contributed by atoms with Gasteiger partial charge in [-0.2, -0.15) is 0 Å². The molecular weight excluding hydrogens is 265 g/mol. The standard InChI is InChI=1S/C13H16FN3O3/c1-17-5-4-9(7-17)16-13(20)15-8-2-3-10(12(18)19)11(14)6-8/h2-3,6,9H,4-5,7H2,1H3,(H,18,19)(H2,15,16,20). The topological polar surface area (TPSA) is 81.7 Å². The summed E-state index contributed by atoms with van der Waals surface area (Å²) in [5.74, 6) is -2.22. The van der Waals surface area contributed by atoms with Crippen LogP contribution in [-0.2, 0) is 0 Å². The number of carbonyl (C=O) groups excluding carboxylic acids is 1. The third-order valence-corrected chi connectivity index (χ3v) is 3.18. The molecule has 20 heavy (non-hydrogen) atoms. The van der Waals surface area contributed by atoms with Crippen LogP contribution in [0, 0.1) is 5.82 Å². The van der Waals surface area contributed by atoms with Crippen molar-refractivity contribution in [2.24, 2.45) is 0 Å². The van der Waals surface area contributed by atoms with Gasteiger partial charge in [-0.3, -0.25) is 0 Å². The Labute approximate surface area is 115 Å². The lowest BCUT2D eigenvalue weighted by Crippen LogP contribution is -2.39. The summed E-state index contributed by atoms with van der Waals surface area (Å²) in [4.78, 5) is 24.5. The van der Waals surface area contributed by atoms with Crippen LogP contribution in [0.4, 0.5) is 14.9 Å². The van der Waals surface area contributed by atoms with Crippen LogP contribution < -0.4 is 10.6 Å². The number of nitrogens with one attached hydrogen (secondary N) is 2. The van der Waals surface area contributed by atoms with Crippen molar-refractivity contribution in [2.45, 2.75) is 12.5 Å². The quantitative estimate of drug-likeness (QED) is 0.781. The second kappa shape index (κ2) is 5.87. The van der Waals surface area contributed by atoms with Gasteiger partial charge in [0.05, 0.1) is 5.56 Å². The first-order chi connectivity index (χ1) is 9.45. The molecule has 0 saturated carbocycles. The second-order valence-electron chi connectivity index (χ2n) is 4.85. The monoisotopic (exact) mass is 281 g/mol. The van der Waals surface area contributed by atoms with Crippen LogP contribution in [0.15, 0.2) is 18.2 Å². The molecule has 3 N–H and O–H groups in total. The molecule has 1 saturated heterocycles. The summed E-state index contributed by atoms with van der Waals surface area (Å²) in [6.07, 6.45) is 0.871. The number of hydrogen-bond donors (Lipinski definition) is 3. The third-order valence-electron chi connectivity index (χ3n) is 3.18. The van der Waals surface area contributed by atoms with E-state index in [-0.39, 0.29) is 11.7 Å². The van der Waals surface area contributed by atoms with Crippen LogP contribution >= 0.6 is 0 Å². The molecule has 1 atom stereocenters. The molecule has 2 amide bonds. The van der Waals surface area contributed by atoms with Crippen molar-refractivity contribution in [3.8, 4) is 0 Å². The van der Waals surface area contributed by atoms with Crippen LogP contribution in [0.5, 0.6) is 0 Å². The zero-order valence-electron chi connectivity index (χ0n) is 11.0. The number of likely N-dealkylation sites (N-methyl/N-ethyl adjacent to an activating group) is 1. The van der Waals surface area contributed by atoms with Gasteiger partial charge in [-0.25, -0.2) is 14.0 Å². The van der Waals surface area contributed by atoms with Gasteiger partial charge in [0.25, 0.3) is 0 Å². The smallest absolute Gasteiger partial charge is 0.338 e. The lowest BCUT2D eigenvalue weighted by Gasteiger charge is -2.14. The van der Waals surface area contributed by atoms with E-state index in [4.69, 9.17) is 5.11 Å². The maximum Gasteiger partial charge on any atom is 0.338 e. The minimum Gasteiger partial charge on any atom is -0.478 e. The van der Waals surface area contributed by atoms with Crippen molar-refractivity contribution in [1.29, 1.82) is 0 Å². The minimum atomic E-state index is -1.34. The maximum atomic E-state index is 13.4. The van der Waals surface area contributed by atoms with E-state index in [2.05, 4.69) is 15.5 Å². The fourth-order valence-electron chi connectivity index (χ4n) is 2.17. The summed E-state index contributed by atoms with van der Waals surface area (Å²) in [6.45, 7) is 1.70. The van der Waals surface area contributed by atoms with Gasteiger partial charge < -0.3 is 20.6 Å². The molecule has 0 radical (unpaired) electrons. The molecule has 6 nitrogen and oxygen atoms in total. The first-order valence-corrected chi connectivity index (χ1v) is 6.24. The first-order valence-electron chi connectivity index (χ1n) is 6.24. The molecule has 0 aromatic heterocycles. The summed E-state index contributed by atoms with van der Waals surface area (Å²) in [7, 11) is 1.97. The summed E-state index contributed by atoms with van der Waals surface area (Å²) in [6, 6.07) is 3.11. The Morgan fingerprint density at radius 1 is 1.45 bits per heavy atom. The van der Waals surface area contributed by atoms with Crippen molar-refractivity contribution in [2.75, 3.05) is 25.5 Å². The number of nitrogens with zero attached hydrogens (tertiary/aromatic N) is 1. The molecule has 1 aromatic carbocycles. The number of carboxylic acid groups (broad SMARTS) is 1. The maximum absolute atomic E-state index is 13.4. The number of benzene rings is 1. The Morgan fingerprint density at radius 3 is 2.75 bits per heavy atom. The lowest BCUT2D eigenvalue weighted by molar-refractivity contribution is 0.0692. The van der Waals surface area contributed by atoms with E-state index in [0.717, 1.165) is 31.6 Å². The van der Waals surface area contributed by atoms with Crippen molar-refractivity contribution in [3.63, 3.8) is 0 Å². The van der Waals surface area contributed by atoms with Crippen molar-refractivity contribution >= 4 is 17.7 Å². The molecule has 1 aliphatic rings. The summed E-state index contributed by atoms with van der Waals surface area (Å²) in [5, 5.41) is 14.0. The number of carbonyl (C=O) groups is 2. The molecule has 108 valence electrons. The van der Waals surface area contributed by atoms with Crippen LogP contribution in [0.25, 0.3) is 0 Å². The SMILES string of the molecule is CN1CCC(NC(=O)Nc2ccc(C(=O)O)c(F)c2)C1. The Balaban J connectivity index is 1.94. The van der Waals surface area contributed by atoms with Gasteiger partial charge in [-0.1, -0.05) is 0 Å². The summed E-state index contributed by atoms with van der Waals surface area (Å²) >= 11 is 0. The van der Waals surface area contributed by atoms with Crippen molar-refractivity contribution in [1.82, 2.24) is 10.2 Å². The van der Waals surface area contributed by atoms with Crippen LogP contribution in [0.1, 0.15) is 16.8 Å². The Hall–Kier alpha value is -2.15. The zero-order valence-corrected chi connectivity index (χ0v) is 11.0. The van der Waals surface area contributed by atoms with E-state index < -0.39 is 23.4 Å². The fourth-order valence-corrected chi connectivity index (χ4v) is 2.17. The highest BCUT2D eigenvalue weighted by molar-refractivity contribution is 5.91. The van der Waals surface area contributed by atoms with E-state index in [1.807, 2.05) is 7.05 Å². The average molecular weight is 281 g/mol. The van der Waals surface area contributed by atoms with Crippen LogP contribution in [0.3, 0.4) is 0 Å². The molecule has 0 aliphatic carbocycles. The van der Waals surface area contributed by atoms with E-state index in [1.54, 1.807) is 0 Å². The first kappa shape index (κ1) is 14.3. The molecule has 2 rings (SSSR count). The minimum absolute atomic E-state index is 0.0724. The number of anilines is 1. The van der Waals surface area contributed by atoms with Gasteiger partial charge in [0, 0.05) is 18.3 Å². The Bertz CT molecular complexity index is 536. The third kappa shape index (κ3) is 3.45. The summed E-state index contributed by atoms with van der Waals surface area (Å²) in [5.41, 5.74) is -0.204. The highest BCUT2D eigenvalue weighted by Gasteiger charge is 2.21. The van der Waals surface area contributed by atoms with E-state index in [0.29, 0.717) is 0 Å². The highest BCUT2D eigenvalue weighted by Crippen LogP contribution is 2.15. The fraction of sp³-hybridized carbons (Fsp3) is 0.385. The molecule has 1 heterocycles. The van der Waals surface area contributed by atoms with E-state index >= 15 is 0 Å². The zero-order chi connectivity index (χ0) is 14.7. The molecule has 1 fully saturated rings. The average Bonchev–Trinajstić information content (AvgIpc) is 2.74. The Kier molecular flexibility index (Phi) is 4.19. The molecule has 7 heteroatoms. The van der Waals surface area contributed by atoms with Crippen LogP contribution in [0.2, 0.25) is 0 Å².